The highest BCUT2D eigenvalue weighted by Gasteiger charge is 2.20. The van der Waals surface area contributed by atoms with E-state index in [1.807, 2.05) is 24.3 Å². The first-order chi connectivity index (χ1) is 30.2. The Bertz CT molecular complexity index is 3340. The Balaban J connectivity index is 1.11. The van der Waals surface area contributed by atoms with Gasteiger partial charge in [0.25, 0.3) is 0 Å². The van der Waals surface area contributed by atoms with Gasteiger partial charge in [0.2, 0.25) is 0 Å². The van der Waals surface area contributed by atoms with Crippen molar-refractivity contribution in [3.63, 3.8) is 0 Å². The van der Waals surface area contributed by atoms with Gasteiger partial charge in [-0.15, -0.1) is 11.3 Å². The molecule has 61 heavy (non-hydrogen) atoms. The third kappa shape index (κ3) is 6.89. The van der Waals surface area contributed by atoms with Crippen LogP contribution < -0.4 is 0 Å². The molecule has 0 aliphatic rings. The molecule has 0 amide bonds. The largest absolute Gasteiger partial charge is 0.208 e. The Morgan fingerprint density at radius 2 is 0.738 bits per heavy atom. The summed E-state index contributed by atoms with van der Waals surface area (Å²) >= 11 is 1.80. The van der Waals surface area contributed by atoms with Crippen LogP contribution in [-0.4, -0.2) is 15.0 Å². The molecule has 0 N–H and O–H groups in total. The van der Waals surface area contributed by atoms with E-state index in [2.05, 4.69) is 200 Å². The van der Waals surface area contributed by atoms with Crippen molar-refractivity contribution >= 4 is 31.5 Å². The molecule has 11 aromatic rings. The molecule has 0 atom stereocenters. The van der Waals surface area contributed by atoms with Crippen LogP contribution in [0.5, 0.6) is 0 Å². The fourth-order valence-electron chi connectivity index (χ4n) is 8.51. The van der Waals surface area contributed by atoms with Gasteiger partial charge in [-0.25, -0.2) is 15.0 Å². The number of benzene rings is 9. The number of aromatic nitrogens is 3. The zero-order valence-electron chi connectivity index (χ0n) is 33.1. The van der Waals surface area contributed by atoms with Gasteiger partial charge in [-0.3, -0.25) is 0 Å². The lowest BCUT2D eigenvalue weighted by molar-refractivity contribution is 1.08. The number of rotatable bonds is 8. The van der Waals surface area contributed by atoms with Crippen molar-refractivity contribution in [2.24, 2.45) is 0 Å². The van der Waals surface area contributed by atoms with Gasteiger partial charge in [-0.2, -0.15) is 0 Å². The summed E-state index contributed by atoms with van der Waals surface area (Å²) in [5.41, 5.74) is 14.6. The average Bonchev–Trinajstić information content (AvgIpc) is 3.73. The first kappa shape index (κ1) is 36.3. The Morgan fingerprint density at radius 1 is 0.262 bits per heavy atom. The first-order valence-corrected chi connectivity index (χ1v) is 21.3. The van der Waals surface area contributed by atoms with E-state index in [4.69, 9.17) is 15.0 Å². The molecule has 9 aromatic carbocycles. The normalized spacial score (nSPS) is 11.3. The van der Waals surface area contributed by atoms with E-state index < -0.39 is 0 Å². The number of nitrogens with zero attached hydrogens (tertiary/aromatic N) is 3. The second-order valence-electron chi connectivity index (χ2n) is 15.1. The molecule has 0 aliphatic carbocycles. The summed E-state index contributed by atoms with van der Waals surface area (Å²) in [6.45, 7) is 0. The highest BCUT2D eigenvalue weighted by molar-refractivity contribution is 7.26. The summed E-state index contributed by atoms with van der Waals surface area (Å²) in [6.07, 6.45) is 0. The molecule has 0 radical (unpaired) electrons. The highest BCUT2D eigenvalue weighted by atomic mass is 32.1. The van der Waals surface area contributed by atoms with Crippen LogP contribution in [0.4, 0.5) is 0 Å². The monoisotopic (exact) mass is 795 g/mol. The minimum atomic E-state index is 0.640. The molecule has 3 nitrogen and oxygen atoms in total. The Hall–Kier alpha value is -7.79. The molecule has 0 unspecified atom stereocenters. The van der Waals surface area contributed by atoms with Gasteiger partial charge in [0.15, 0.2) is 17.5 Å². The smallest absolute Gasteiger partial charge is 0.164 e. The van der Waals surface area contributed by atoms with Crippen molar-refractivity contribution in [1.82, 2.24) is 15.0 Å². The topological polar surface area (TPSA) is 38.7 Å². The Kier molecular flexibility index (Phi) is 9.38. The Labute approximate surface area is 359 Å². The van der Waals surface area contributed by atoms with Crippen molar-refractivity contribution < 1.29 is 0 Å². The maximum Gasteiger partial charge on any atom is 0.164 e. The predicted octanol–water partition coefficient (Wildman–Crippen LogP) is 15.6. The van der Waals surface area contributed by atoms with Crippen molar-refractivity contribution in [2.75, 3.05) is 0 Å². The number of thiophene rings is 1. The zero-order valence-corrected chi connectivity index (χ0v) is 33.9. The van der Waals surface area contributed by atoms with Crippen LogP contribution in [0.2, 0.25) is 0 Å². The van der Waals surface area contributed by atoms with Crippen LogP contribution in [0.15, 0.2) is 224 Å². The van der Waals surface area contributed by atoms with Gasteiger partial charge < -0.3 is 0 Å². The lowest BCUT2D eigenvalue weighted by Gasteiger charge is -2.17. The molecule has 0 spiro atoms. The van der Waals surface area contributed by atoms with E-state index in [0.29, 0.717) is 17.5 Å². The summed E-state index contributed by atoms with van der Waals surface area (Å²) < 4.78 is 2.40. The molecule has 2 aromatic heterocycles. The molecule has 2 heterocycles. The third-order valence-electron chi connectivity index (χ3n) is 11.4. The van der Waals surface area contributed by atoms with Gasteiger partial charge >= 0.3 is 0 Å². The molecule has 0 aliphatic heterocycles. The molecule has 0 saturated heterocycles. The van der Waals surface area contributed by atoms with Gasteiger partial charge in [0.1, 0.15) is 0 Å². The lowest BCUT2D eigenvalue weighted by atomic mass is 9.86. The molecule has 0 saturated carbocycles. The zero-order chi connectivity index (χ0) is 40.5. The standard InChI is InChI=1S/C57H37N3S/c1-5-18-38(19-6-1)42-26-15-27-43(36-42)46-30-16-31-47(53(46)40-22-9-3-10-23-40)44-34-35-51-50(37-44)54-49(32-17-33-52(54)61-51)57-59-55(41-24-11-4-12-25-41)58-56(60-57)48-29-14-13-28-45(48)39-20-7-2-8-21-39/h1-37H. The third-order valence-corrected chi connectivity index (χ3v) is 12.5. The van der Waals surface area contributed by atoms with E-state index in [9.17, 15) is 0 Å². The summed E-state index contributed by atoms with van der Waals surface area (Å²) in [5.74, 6) is 1.93. The minimum absolute atomic E-state index is 0.640. The quantitative estimate of drug-likeness (QED) is 0.154. The second kappa shape index (κ2) is 15.8. The maximum absolute atomic E-state index is 5.31. The van der Waals surface area contributed by atoms with Crippen LogP contribution in [0.25, 0.3) is 110 Å². The van der Waals surface area contributed by atoms with Crippen LogP contribution >= 0.6 is 11.3 Å². The highest BCUT2D eigenvalue weighted by Crippen LogP contribution is 2.45. The van der Waals surface area contributed by atoms with Crippen molar-refractivity contribution in [3.05, 3.63) is 224 Å². The SMILES string of the molecule is c1ccc(-c2cccc(-c3cccc(-c4ccc5sc6cccc(-c7nc(-c8ccccc8)nc(-c8ccccc8-c8ccccc8)n7)c6c5c4)c3-c3ccccc3)c2)cc1. The molecule has 4 heteroatoms. The number of fused-ring (bicyclic) bond motifs is 3. The first-order valence-electron chi connectivity index (χ1n) is 20.5. The summed E-state index contributed by atoms with van der Waals surface area (Å²) in [7, 11) is 0. The van der Waals surface area contributed by atoms with Gasteiger partial charge in [-0.05, 0) is 79.9 Å². The van der Waals surface area contributed by atoms with E-state index in [0.717, 1.165) is 38.8 Å². The molecule has 11 rings (SSSR count). The van der Waals surface area contributed by atoms with Gasteiger partial charge in [-0.1, -0.05) is 200 Å². The minimum Gasteiger partial charge on any atom is -0.208 e. The molecule has 0 fully saturated rings. The molecular weight excluding hydrogens is 759 g/mol. The van der Waals surface area contributed by atoms with E-state index >= 15 is 0 Å². The predicted molar refractivity (Wildman–Crippen MR) is 256 cm³/mol. The second-order valence-corrected chi connectivity index (χ2v) is 16.2. The van der Waals surface area contributed by atoms with Crippen LogP contribution in [0, 0.1) is 0 Å². The fourth-order valence-corrected chi connectivity index (χ4v) is 9.62. The summed E-state index contributed by atoms with van der Waals surface area (Å²) in [6, 6.07) is 79.5. The molecule has 286 valence electrons. The van der Waals surface area contributed by atoms with E-state index in [1.165, 1.54) is 53.7 Å². The molecule has 0 bridgehead atoms. The van der Waals surface area contributed by atoms with E-state index in [1.54, 1.807) is 11.3 Å². The maximum atomic E-state index is 5.31. The van der Waals surface area contributed by atoms with Crippen LogP contribution in [0.1, 0.15) is 0 Å². The fraction of sp³-hybridized carbons (Fsp3) is 0. The van der Waals surface area contributed by atoms with Gasteiger partial charge in [0.05, 0.1) is 0 Å². The summed E-state index contributed by atoms with van der Waals surface area (Å²) in [5, 5.41) is 2.32. The summed E-state index contributed by atoms with van der Waals surface area (Å²) in [4.78, 5) is 15.7. The Morgan fingerprint density at radius 3 is 1.44 bits per heavy atom. The van der Waals surface area contributed by atoms with E-state index in [-0.39, 0.29) is 0 Å². The van der Waals surface area contributed by atoms with Crippen LogP contribution in [0.3, 0.4) is 0 Å². The number of hydrogen-bond acceptors (Lipinski definition) is 4. The van der Waals surface area contributed by atoms with Crippen molar-refractivity contribution in [1.29, 1.82) is 0 Å². The molecular formula is C57H37N3S. The van der Waals surface area contributed by atoms with Crippen LogP contribution in [-0.2, 0) is 0 Å². The average molecular weight is 796 g/mol. The van der Waals surface area contributed by atoms with Crippen molar-refractivity contribution in [2.45, 2.75) is 0 Å². The lowest BCUT2D eigenvalue weighted by Crippen LogP contribution is -2.01. The number of hydrogen-bond donors (Lipinski definition) is 0. The van der Waals surface area contributed by atoms with Crippen molar-refractivity contribution in [3.8, 4) is 89.8 Å². The van der Waals surface area contributed by atoms with Gasteiger partial charge in [0, 0.05) is 36.9 Å².